The lowest BCUT2D eigenvalue weighted by molar-refractivity contribution is -0.142. The Labute approximate surface area is 107 Å². The van der Waals surface area contributed by atoms with Crippen LogP contribution in [0, 0.1) is 5.92 Å². The summed E-state index contributed by atoms with van der Waals surface area (Å²) < 4.78 is 5.30. The molecule has 1 amide bonds. The van der Waals surface area contributed by atoms with Crippen LogP contribution < -0.4 is 5.73 Å². The Kier molecular flexibility index (Phi) is 5.80. The highest BCUT2D eigenvalue weighted by molar-refractivity contribution is 7.80. The number of rotatable bonds is 5. The normalized spacial score (nSPS) is 22.2. The van der Waals surface area contributed by atoms with Gasteiger partial charge in [-0.3, -0.25) is 4.79 Å². The van der Waals surface area contributed by atoms with Gasteiger partial charge in [-0.2, -0.15) is 0 Å². The van der Waals surface area contributed by atoms with Gasteiger partial charge >= 0.3 is 0 Å². The highest BCUT2D eigenvalue weighted by Crippen LogP contribution is 2.14. The molecule has 1 aliphatic heterocycles. The number of ether oxygens (including phenoxy) is 1. The lowest BCUT2D eigenvalue weighted by atomic mass is 10.0. The first-order valence-corrected chi connectivity index (χ1v) is 6.31. The largest absolute Gasteiger partial charge is 0.394 e. The molecular weight excluding hydrogens is 240 g/mol. The number of aliphatic hydroxyl groups excluding tert-OH is 1. The molecule has 1 aliphatic rings. The van der Waals surface area contributed by atoms with E-state index in [2.05, 4.69) is 0 Å². The van der Waals surface area contributed by atoms with E-state index in [-0.39, 0.29) is 29.5 Å². The first-order chi connectivity index (χ1) is 8.10. The topological polar surface area (TPSA) is 75.8 Å². The van der Waals surface area contributed by atoms with Gasteiger partial charge in [0.2, 0.25) is 5.91 Å². The first-order valence-electron chi connectivity index (χ1n) is 5.90. The Morgan fingerprint density at radius 2 is 2.41 bits per heavy atom. The Morgan fingerprint density at radius 1 is 1.71 bits per heavy atom. The maximum absolute atomic E-state index is 12.2. The molecule has 3 N–H and O–H groups in total. The summed E-state index contributed by atoms with van der Waals surface area (Å²) in [5.74, 6) is -0.423. The highest BCUT2D eigenvalue weighted by atomic mass is 32.1. The Balaban J connectivity index is 2.63. The predicted molar refractivity (Wildman–Crippen MR) is 68.6 cm³/mol. The number of morpholine rings is 1. The van der Waals surface area contributed by atoms with E-state index in [9.17, 15) is 4.79 Å². The van der Waals surface area contributed by atoms with E-state index >= 15 is 0 Å². The number of amides is 1. The van der Waals surface area contributed by atoms with Gasteiger partial charge in [0.25, 0.3) is 0 Å². The van der Waals surface area contributed by atoms with Crippen LogP contribution in [0.4, 0.5) is 0 Å². The molecule has 2 atom stereocenters. The van der Waals surface area contributed by atoms with Gasteiger partial charge in [0.15, 0.2) is 0 Å². The molecule has 0 aromatic rings. The van der Waals surface area contributed by atoms with Gasteiger partial charge in [0.05, 0.1) is 30.2 Å². The standard InChI is InChI=1S/C11H20N2O3S/c1-2-3-9(10(12)17)11(15)13-4-5-16-8(6-13)7-14/h8-9,14H,2-7H2,1H3,(H2,12,17). The fraction of sp³-hybridized carbons (Fsp3) is 0.818. The summed E-state index contributed by atoms with van der Waals surface area (Å²) in [5, 5.41) is 9.03. The zero-order chi connectivity index (χ0) is 12.8. The number of carbonyl (C=O) groups is 1. The summed E-state index contributed by atoms with van der Waals surface area (Å²) >= 11 is 4.94. The van der Waals surface area contributed by atoms with E-state index in [1.54, 1.807) is 4.90 Å². The third kappa shape index (κ3) is 3.90. The number of hydrogen-bond acceptors (Lipinski definition) is 4. The van der Waals surface area contributed by atoms with E-state index in [0.717, 1.165) is 6.42 Å². The highest BCUT2D eigenvalue weighted by Gasteiger charge is 2.29. The van der Waals surface area contributed by atoms with Crippen LogP contribution in [0.1, 0.15) is 19.8 Å². The molecule has 1 saturated heterocycles. The number of carbonyl (C=O) groups excluding carboxylic acids is 1. The molecule has 17 heavy (non-hydrogen) atoms. The molecule has 98 valence electrons. The number of aliphatic hydroxyl groups is 1. The third-order valence-corrected chi connectivity index (χ3v) is 3.16. The van der Waals surface area contributed by atoms with Crippen LogP contribution in [-0.4, -0.2) is 53.3 Å². The number of thiocarbonyl (C=S) groups is 1. The van der Waals surface area contributed by atoms with E-state index in [1.165, 1.54) is 0 Å². The summed E-state index contributed by atoms with van der Waals surface area (Å²) in [6.45, 7) is 3.33. The third-order valence-electron chi connectivity index (χ3n) is 2.87. The fourth-order valence-corrected chi connectivity index (χ4v) is 2.15. The summed E-state index contributed by atoms with van der Waals surface area (Å²) in [6, 6.07) is 0. The van der Waals surface area contributed by atoms with Crippen molar-refractivity contribution in [3.63, 3.8) is 0 Å². The van der Waals surface area contributed by atoms with Gasteiger partial charge in [-0.25, -0.2) is 0 Å². The zero-order valence-corrected chi connectivity index (χ0v) is 10.9. The second-order valence-corrected chi connectivity index (χ2v) is 4.67. The molecule has 0 aromatic carbocycles. The van der Waals surface area contributed by atoms with E-state index in [1.807, 2.05) is 6.92 Å². The van der Waals surface area contributed by atoms with Crippen LogP contribution >= 0.6 is 12.2 Å². The van der Waals surface area contributed by atoms with E-state index in [4.69, 9.17) is 27.8 Å². The minimum absolute atomic E-state index is 0.0406. The maximum Gasteiger partial charge on any atom is 0.232 e. The van der Waals surface area contributed by atoms with Gasteiger partial charge in [-0.05, 0) is 6.42 Å². The molecule has 0 spiro atoms. The van der Waals surface area contributed by atoms with Crippen LogP contribution in [0.2, 0.25) is 0 Å². The van der Waals surface area contributed by atoms with Gasteiger partial charge in [0, 0.05) is 13.1 Å². The van der Waals surface area contributed by atoms with Crippen molar-refractivity contribution in [2.45, 2.75) is 25.9 Å². The Morgan fingerprint density at radius 3 is 2.94 bits per heavy atom. The van der Waals surface area contributed by atoms with Crippen molar-refractivity contribution in [1.29, 1.82) is 0 Å². The fourth-order valence-electron chi connectivity index (χ4n) is 1.93. The molecule has 0 radical (unpaired) electrons. The van der Waals surface area contributed by atoms with Crippen molar-refractivity contribution >= 4 is 23.1 Å². The lowest BCUT2D eigenvalue weighted by Gasteiger charge is -2.34. The minimum Gasteiger partial charge on any atom is -0.394 e. The van der Waals surface area contributed by atoms with Crippen molar-refractivity contribution in [2.24, 2.45) is 11.7 Å². The average Bonchev–Trinajstić information content (AvgIpc) is 2.34. The number of nitrogens with two attached hydrogens (primary N) is 1. The van der Waals surface area contributed by atoms with Gasteiger partial charge in [-0.15, -0.1) is 0 Å². The molecule has 0 aromatic heterocycles. The summed E-state index contributed by atoms with van der Waals surface area (Å²) in [7, 11) is 0. The predicted octanol–water partition coefficient (Wildman–Crippen LogP) is -0.0915. The van der Waals surface area contributed by atoms with E-state index < -0.39 is 0 Å². The van der Waals surface area contributed by atoms with Crippen molar-refractivity contribution in [1.82, 2.24) is 4.90 Å². The molecule has 1 fully saturated rings. The minimum atomic E-state index is -0.382. The number of hydrogen-bond donors (Lipinski definition) is 2. The molecule has 6 heteroatoms. The Bertz CT molecular complexity index is 286. The van der Waals surface area contributed by atoms with Gasteiger partial charge < -0.3 is 20.5 Å². The lowest BCUT2D eigenvalue weighted by Crippen LogP contribution is -2.50. The average molecular weight is 260 g/mol. The van der Waals surface area contributed by atoms with Crippen LogP contribution in [0.25, 0.3) is 0 Å². The summed E-state index contributed by atoms with van der Waals surface area (Å²) in [6.07, 6.45) is 1.25. The van der Waals surface area contributed by atoms with Crippen LogP contribution in [0.5, 0.6) is 0 Å². The quantitative estimate of drug-likeness (QED) is 0.676. The van der Waals surface area contributed by atoms with Crippen LogP contribution in [0.15, 0.2) is 0 Å². The second kappa shape index (κ2) is 6.88. The Hall–Kier alpha value is -0.720. The first kappa shape index (κ1) is 14.3. The summed E-state index contributed by atoms with van der Waals surface area (Å²) in [4.78, 5) is 14.2. The monoisotopic (exact) mass is 260 g/mol. The van der Waals surface area contributed by atoms with Crippen molar-refractivity contribution < 1.29 is 14.6 Å². The van der Waals surface area contributed by atoms with Crippen molar-refractivity contribution in [2.75, 3.05) is 26.3 Å². The number of nitrogens with zero attached hydrogens (tertiary/aromatic N) is 1. The SMILES string of the molecule is CCCC(C(=O)N1CCOC(CO)C1)C(N)=S. The molecule has 0 aliphatic carbocycles. The molecule has 5 nitrogen and oxygen atoms in total. The maximum atomic E-state index is 12.2. The van der Waals surface area contributed by atoms with Crippen LogP contribution in [-0.2, 0) is 9.53 Å². The van der Waals surface area contributed by atoms with Crippen molar-refractivity contribution in [3.05, 3.63) is 0 Å². The van der Waals surface area contributed by atoms with Gasteiger partial charge in [0.1, 0.15) is 0 Å². The van der Waals surface area contributed by atoms with Crippen LogP contribution in [0.3, 0.4) is 0 Å². The van der Waals surface area contributed by atoms with Crippen molar-refractivity contribution in [3.8, 4) is 0 Å². The smallest absolute Gasteiger partial charge is 0.232 e. The summed E-state index contributed by atoms with van der Waals surface area (Å²) in [5.41, 5.74) is 5.60. The van der Waals surface area contributed by atoms with Gasteiger partial charge in [-0.1, -0.05) is 25.6 Å². The molecule has 1 rings (SSSR count). The molecule has 1 heterocycles. The van der Waals surface area contributed by atoms with E-state index in [0.29, 0.717) is 26.1 Å². The molecule has 2 unspecified atom stereocenters. The zero-order valence-electron chi connectivity index (χ0n) is 10.1. The molecular formula is C11H20N2O3S. The molecule has 0 saturated carbocycles. The second-order valence-electron chi connectivity index (χ2n) is 4.20. The molecule has 0 bridgehead atoms.